The van der Waals surface area contributed by atoms with Crippen molar-refractivity contribution in [1.29, 1.82) is 5.26 Å². The van der Waals surface area contributed by atoms with Gasteiger partial charge in [0.25, 0.3) is 0 Å². The summed E-state index contributed by atoms with van der Waals surface area (Å²) in [7, 11) is 0. The summed E-state index contributed by atoms with van der Waals surface area (Å²) in [5.74, 6) is 2.13. The first-order valence-electron chi connectivity index (χ1n) is 11.9. The summed E-state index contributed by atoms with van der Waals surface area (Å²) in [5, 5.41) is 25.2. The summed E-state index contributed by atoms with van der Waals surface area (Å²) in [6, 6.07) is 4.53. The third kappa shape index (κ3) is 5.24. The third-order valence-electron chi connectivity index (χ3n) is 6.25. The summed E-state index contributed by atoms with van der Waals surface area (Å²) >= 11 is 4.72. The van der Waals surface area contributed by atoms with Crippen molar-refractivity contribution < 1.29 is 4.79 Å². The van der Waals surface area contributed by atoms with Crippen molar-refractivity contribution in [2.45, 2.75) is 77.4 Å². The number of nitrogens with zero attached hydrogens (tertiary/aromatic N) is 4. The summed E-state index contributed by atoms with van der Waals surface area (Å²) in [4.78, 5) is 15.4. The van der Waals surface area contributed by atoms with E-state index in [9.17, 15) is 10.1 Å². The first-order valence-corrected chi connectivity index (χ1v) is 14.6. The zero-order valence-electron chi connectivity index (χ0n) is 20.2. The van der Waals surface area contributed by atoms with Gasteiger partial charge >= 0.3 is 0 Å². The number of thiophene rings is 2. The Kier molecular flexibility index (Phi) is 8.12. The molecule has 0 fully saturated rings. The molecule has 0 saturated heterocycles. The molecule has 4 rings (SSSR count). The van der Waals surface area contributed by atoms with Gasteiger partial charge in [0.05, 0.1) is 11.3 Å². The van der Waals surface area contributed by atoms with Crippen LogP contribution in [-0.4, -0.2) is 26.4 Å². The molecule has 1 aliphatic rings. The zero-order valence-corrected chi connectivity index (χ0v) is 22.6. The van der Waals surface area contributed by atoms with Gasteiger partial charge in [0.2, 0.25) is 5.91 Å². The van der Waals surface area contributed by atoms with E-state index in [1.165, 1.54) is 21.5 Å². The van der Waals surface area contributed by atoms with E-state index in [-0.39, 0.29) is 11.7 Å². The lowest BCUT2D eigenvalue weighted by molar-refractivity contribution is -0.113. The highest BCUT2D eigenvalue weighted by molar-refractivity contribution is 7.99. The second-order valence-electron chi connectivity index (χ2n) is 9.02. The van der Waals surface area contributed by atoms with Crippen LogP contribution in [0.1, 0.15) is 73.8 Å². The average Bonchev–Trinajstić information content (AvgIpc) is 3.54. The van der Waals surface area contributed by atoms with Gasteiger partial charge in [0, 0.05) is 27.2 Å². The fourth-order valence-corrected chi connectivity index (χ4v) is 7.31. The fraction of sp³-hybridized carbons (Fsp3) is 0.520. The van der Waals surface area contributed by atoms with E-state index in [0.29, 0.717) is 22.4 Å². The van der Waals surface area contributed by atoms with Crippen LogP contribution in [0.2, 0.25) is 0 Å². The minimum absolute atomic E-state index is 0.114. The molecule has 34 heavy (non-hydrogen) atoms. The number of thioether (sulfide) groups is 1. The number of nitrogens with one attached hydrogen (secondary N) is 1. The zero-order chi connectivity index (χ0) is 24.2. The van der Waals surface area contributed by atoms with Gasteiger partial charge in [0.15, 0.2) is 11.0 Å². The molecule has 0 bridgehead atoms. The Morgan fingerprint density at radius 1 is 1.38 bits per heavy atom. The maximum Gasteiger partial charge on any atom is 0.235 e. The van der Waals surface area contributed by atoms with Gasteiger partial charge in [-0.3, -0.25) is 4.79 Å². The lowest BCUT2D eigenvalue weighted by Crippen LogP contribution is -2.15. The van der Waals surface area contributed by atoms with Crippen LogP contribution in [-0.2, 0) is 24.2 Å². The molecule has 1 aliphatic carbocycles. The van der Waals surface area contributed by atoms with Crippen LogP contribution in [0.5, 0.6) is 0 Å². The Bertz CT molecular complexity index is 1200. The van der Waals surface area contributed by atoms with E-state index in [4.69, 9.17) is 0 Å². The molecular formula is C25H31N5OS3. The number of amides is 1. The van der Waals surface area contributed by atoms with Crippen molar-refractivity contribution in [2.24, 2.45) is 5.92 Å². The van der Waals surface area contributed by atoms with E-state index >= 15 is 0 Å². The maximum atomic E-state index is 12.8. The molecule has 3 aromatic heterocycles. The summed E-state index contributed by atoms with van der Waals surface area (Å²) in [5.41, 5.74) is 2.88. The number of carbonyl (C=O) groups is 1. The minimum Gasteiger partial charge on any atom is -0.316 e. The number of aromatic nitrogens is 3. The van der Waals surface area contributed by atoms with Gasteiger partial charge in [-0.25, -0.2) is 0 Å². The molecule has 6 nitrogen and oxygen atoms in total. The molecule has 1 N–H and O–H groups in total. The highest BCUT2D eigenvalue weighted by Gasteiger charge is 2.26. The van der Waals surface area contributed by atoms with E-state index < -0.39 is 0 Å². The standard InChI is InChI=1S/C25H31N5OS3/c1-5-9-30-23(17-11-20(15(3)4)32-13-17)28-29-25(30)33-14-22(31)27-24-19(12-26)18-8-7-16(6-2)10-21(18)34-24/h11,13,15-16H,5-10,14H2,1-4H3,(H,27,31). The summed E-state index contributed by atoms with van der Waals surface area (Å²) < 4.78 is 2.11. The molecule has 0 radical (unpaired) electrons. The predicted molar refractivity (Wildman–Crippen MR) is 142 cm³/mol. The van der Waals surface area contributed by atoms with Gasteiger partial charge in [-0.2, -0.15) is 5.26 Å². The molecule has 0 aliphatic heterocycles. The molecule has 0 aromatic carbocycles. The van der Waals surface area contributed by atoms with Gasteiger partial charge in [-0.05, 0) is 49.1 Å². The quantitative estimate of drug-likeness (QED) is 0.321. The van der Waals surface area contributed by atoms with Crippen LogP contribution in [0.15, 0.2) is 16.6 Å². The average molecular weight is 514 g/mol. The SMILES string of the molecule is CCCn1c(SCC(=O)Nc2sc3c(c2C#N)CCC(CC)C3)nnc1-c1csc(C(C)C)c1. The highest BCUT2D eigenvalue weighted by atomic mass is 32.2. The van der Waals surface area contributed by atoms with Crippen molar-refractivity contribution in [3.63, 3.8) is 0 Å². The number of hydrogen-bond acceptors (Lipinski definition) is 7. The van der Waals surface area contributed by atoms with Gasteiger partial charge in [-0.15, -0.1) is 32.9 Å². The number of nitriles is 1. The van der Waals surface area contributed by atoms with Crippen LogP contribution in [0, 0.1) is 17.2 Å². The third-order valence-corrected chi connectivity index (χ3v) is 9.62. The first kappa shape index (κ1) is 25.0. The number of anilines is 1. The lowest BCUT2D eigenvalue weighted by Gasteiger charge is -2.20. The minimum atomic E-state index is -0.114. The van der Waals surface area contributed by atoms with Gasteiger partial charge in [-0.1, -0.05) is 45.9 Å². The Morgan fingerprint density at radius 3 is 2.88 bits per heavy atom. The molecule has 180 valence electrons. The molecule has 1 atom stereocenters. The number of hydrogen-bond donors (Lipinski definition) is 1. The second kappa shape index (κ2) is 11.1. The number of fused-ring (bicyclic) bond motifs is 1. The predicted octanol–water partition coefficient (Wildman–Crippen LogP) is 6.72. The van der Waals surface area contributed by atoms with Crippen LogP contribution < -0.4 is 5.32 Å². The van der Waals surface area contributed by atoms with Crippen molar-refractivity contribution >= 4 is 45.3 Å². The largest absolute Gasteiger partial charge is 0.316 e. The fourth-order valence-electron chi connectivity index (χ4n) is 4.31. The van der Waals surface area contributed by atoms with E-state index in [1.54, 1.807) is 22.7 Å². The van der Waals surface area contributed by atoms with Crippen LogP contribution in [0.4, 0.5) is 5.00 Å². The van der Waals surface area contributed by atoms with Crippen molar-refractivity contribution in [1.82, 2.24) is 14.8 Å². The summed E-state index contributed by atoms with van der Waals surface area (Å²) in [6.45, 7) is 9.53. The molecule has 3 aromatic rings. The monoisotopic (exact) mass is 513 g/mol. The Balaban J connectivity index is 1.46. The molecule has 0 saturated carbocycles. The van der Waals surface area contributed by atoms with Crippen LogP contribution >= 0.6 is 34.4 Å². The second-order valence-corrected chi connectivity index (χ2v) is 12.0. The molecule has 1 unspecified atom stereocenters. The normalized spacial score (nSPS) is 15.4. The molecule has 9 heteroatoms. The van der Waals surface area contributed by atoms with Crippen molar-refractivity contribution in [3.05, 3.63) is 32.3 Å². The Hall–Kier alpha value is -2.15. The molecule has 1 amide bonds. The molecular weight excluding hydrogens is 483 g/mol. The maximum absolute atomic E-state index is 12.8. The van der Waals surface area contributed by atoms with Crippen molar-refractivity contribution in [3.8, 4) is 17.5 Å². The van der Waals surface area contributed by atoms with Gasteiger partial charge < -0.3 is 9.88 Å². The number of rotatable bonds is 9. The van der Waals surface area contributed by atoms with E-state index in [0.717, 1.165) is 60.8 Å². The molecule has 3 heterocycles. The highest BCUT2D eigenvalue weighted by Crippen LogP contribution is 2.40. The Labute approximate surface area is 213 Å². The Morgan fingerprint density at radius 2 is 2.21 bits per heavy atom. The smallest absolute Gasteiger partial charge is 0.235 e. The summed E-state index contributed by atoms with van der Waals surface area (Å²) in [6.07, 6.45) is 5.18. The van der Waals surface area contributed by atoms with E-state index in [2.05, 4.69) is 65.3 Å². The van der Waals surface area contributed by atoms with Crippen LogP contribution in [0.3, 0.4) is 0 Å². The topological polar surface area (TPSA) is 83.6 Å². The molecule has 0 spiro atoms. The first-order chi connectivity index (χ1) is 16.4. The lowest BCUT2D eigenvalue weighted by atomic mass is 9.86. The van der Waals surface area contributed by atoms with Gasteiger partial charge in [0.1, 0.15) is 11.1 Å². The van der Waals surface area contributed by atoms with Crippen molar-refractivity contribution in [2.75, 3.05) is 11.1 Å². The number of carbonyl (C=O) groups excluding carboxylic acids is 1. The van der Waals surface area contributed by atoms with E-state index in [1.807, 2.05) is 0 Å². The van der Waals surface area contributed by atoms with Crippen LogP contribution in [0.25, 0.3) is 11.4 Å².